The molecule has 1 aliphatic heterocycles. The van der Waals surface area contributed by atoms with Gasteiger partial charge < -0.3 is 20.3 Å². The van der Waals surface area contributed by atoms with Crippen LogP contribution in [0.3, 0.4) is 0 Å². The molecule has 5 rings (SSSR count). The van der Waals surface area contributed by atoms with Gasteiger partial charge in [0, 0.05) is 47.5 Å². The summed E-state index contributed by atoms with van der Waals surface area (Å²) in [5, 5.41) is 5.15. The van der Waals surface area contributed by atoms with E-state index < -0.39 is 40.6 Å². The number of carbonyl (C=O) groups is 2. The van der Waals surface area contributed by atoms with E-state index in [1.54, 1.807) is 18.3 Å². The minimum atomic E-state index is -1.37. The van der Waals surface area contributed by atoms with Gasteiger partial charge in [0.25, 0.3) is 0 Å². The number of carbonyl (C=O) groups excluding carboxylic acids is 2. The number of fused-ring (bicyclic) bond motifs is 1. The summed E-state index contributed by atoms with van der Waals surface area (Å²) in [6.07, 6.45) is 1.73. The van der Waals surface area contributed by atoms with Gasteiger partial charge in [0.05, 0.1) is 36.2 Å². The van der Waals surface area contributed by atoms with Crippen LogP contribution in [-0.4, -0.2) is 43.1 Å². The highest BCUT2D eigenvalue weighted by Gasteiger charge is 2.21. The number of ether oxygens (including phenoxy) is 1. The lowest BCUT2D eigenvalue weighted by molar-refractivity contribution is 0.103. The second kappa shape index (κ2) is 10.5. The van der Waals surface area contributed by atoms with Gasteiger partial charge in [-0.15, -0.1) is 0 Å². The van der Waals surface area contributed by atoms with Gasteiger partial charge in [-0.3, -0.25) is 9.78 Å². The first-order valence-corrected chi connectivity index (χ1v) is 11.6. The summed E-state index contributed by atoms with van der Waals surface area (Å²) in [5.74, 6) is -5.80. The van der Waals surface area contributed by atoms with Gasteiger partial charge in [0.15, 0.2) is 29.1 Å². The minimum Gasteiger partial charge on any atom is -0.378 e. The summed E-state index contributed by atoms with van der Waals surface area (Å²) in [6.45, 7) is 2.56. The third-order valence-corrected chi connectivity index (χ3v) is 6.01. The van der Waals surface area contributed by atoms with E-state index in [1.165, 1.54) is 6.07 Å². The third kappa shape index (κ3) is 5.28. The summed E-state index contributed by atoms with van der Waals surface area (Å²) in [4.78, 5) is 32.0. The van der Waals surface area contributed by atoms with E-state index in [2.05, 4.69) is 20.5 Å². The minimum absolute atomic E-state index is 0.0681. The molecular formula is C27H20F4N4O3. The predicted molar refractivity (Wildman–Crippen MR) is 134 cm³/mol. The number of morpholine rings is 1. The zero-order valence-corrected chi connectivity index (χ0v) is 19.7. The average molecular weight is 524 g/mol. The van der Waals surface area contributed by atoms with Crippen molar-refractivity contribution in [3.63, 3.8) is 0 Å². The van der Waals surface area contributed by atoms with Gasteiger partial charge in [0.2, 0.25) is 0 Å². The number of aromatic nitrogens is 1. The molecule has 11 heteroatoms. The SMILES string of the molecule is O=C(Nc1ccc(F)c(F)c1)Nc1cc(F)c(F)c(C(=O)c2ccc3ncc(N4CCOCC4)cc3c2)c1. The average Bonchev–Trinajstić information content (AvgIpc) is 2.92. The molecule has 1 saturated heterocycles. The Hall–Kier alpha value is -4.51. The molecular weight excluding hydrogens is 504 g/mol. The van der Waals surface area contributed by atoms with Crippen LogP contribution in [0.15, 0.2) is 60.8 Å². The standard InChI is InChI=1S/C27H20F4N4O3/c28-21-3-2-17(12-22(21)29)33-27(37)34-18-11-20(25(31)23(30)13-18)26(36)15-1-4-24-16(9-15)10-19(14-32-24)35-5-7-38-8-6-35/h1-4,9-14H,5-8H2,(H2,33,34,37). The monoisotopic (exact) mass is 524 g/mol. The van der Waals surface area contributed by atoms with Gasteiger partial charge in [-0.2, -0.15) is 0 Å². The molecule has 0 spiro atoms. The summed E-state index contributed by atoms with van der Waals surface area (Å²) >= 11 is 0. The number of nitrogens with one attached hydrogen (secondary N) is 2. The number of nitrogens with zero attached hydrogens (tertiary/aromatic N) is 2. The molecule has 1 aliphatic rings. The van der Waals surface area contributed by atoms with E-state index in [0.29, 0.717) is 43.3 Å². The van der Waals surface area contributed by atoms with E-state index in [4.69, 9.17) is 4.74 Å². The van der Waals surface area contributed by atoms with Crippen LogP contribution in [0.25, 0.3) is 10.9 Å². The Balaban J connectivity index is 1.39. The number of amides is 2. The van der Waals surface area contributed by atoms with E-state index in [9.17, 15) is 27.2 Å². The Kier molecular flexibility index (Phi) is 6.93. The Morgan fingerprint density at radius 2 is 1.55 bits per heavy atom. The van der Waals surface area contributed by atoms with Crippen molar-refractivity contribution in [1.82, 2.24) is 4.98 Å². The summed E-state index contributed by atoms with van der Waals surface area (Å²) in [7, 11) is 0. The smallest absolute Gasteiger partial charge is 0.323 e. The largest absolute Gasteiger partial charge is 0.378 e. The Labute approximate surface area is 214 Å². The Morgan fingerprint density at radius 1 is 0.816 bits per heavy atom. The number of rotatable bonds is 5. The predicted octanol–water partition coefficient (Wildman–Crippen LogP) is 5.50. The van der Waals surface area contributed by atoms with E-state index >= 15 is 0 Å². The zero-order valence-electron chi connectivity index (χ0n) is 19.7. The fourth-order valence-corrected chi connectivity index (χ4v) is 4.10. The fraction of sp³-hybridized carbons (Fsp3) is 0.148. The molecule has 0 saturated carbocycles. The van der Waals surface area contributed by atoms with Gasteiger partial charge in [0.1, 0.15) is 0 Å². The zero-order chi connectivity index (χ0) is 26.8. The van der Waals surface area contributed by atoms with Crippen molar-refractivity contribution in [3.05, 3.63) is 95.2 Å². The molecule has 2 amide bonds. The number of halogens is 4. The lowest BCUT2D eigenvalue weighted by atomic mass is 10.00. The Morgan fingerprint density at radius 3 is 2.32 bits per heavy atom. The Bertz CT molecular complexity index is 1560. The van der Waals surface area contributed by atoms with Gasteiger partial charge in [-0.05, 0) is 42.5 Å². The topological polar surface area (TPSA) is 83.6 Å². The number of ketones is 1. The summed E-state index contributed by atoms with van der Waals surface area (Å²) < 4.78 is 60.9. The third-order valence-electron chi connectivity index (χ3n) is 6.01. The molecule has 0 unspecified atom stereocenters. The van der Waals surface area contributed by atoms with Crippen LogP contribution in [0.5, 0.6) is 0 Å². The molecule has 0 radical (unpaired) electrons. The first-order valence-electron chi connectivity index (χ1n) is 11.6. The van der Waals surface area contributed by atoms with Gasteiger partial charge >= 0.3 is 6.03 Å². The molecule has 1 aromatic heterocycles. The normalized spacial score (nSPS) is 13.4. The van der Waals surface area contributed by atoms with Crippen LogP contribution in [-0.2, 0) is 4.74 Å². The maximum Gasteiger partial charge on any atom is 0.323 e. The molecule has 194 valence electrons. The van der Waals surface area contributed by atoms with Crippen molar-refractivity contribution in [3.8, 4) is 0 Å². The van der Waals surface area contributed by atoms with Crippen molar-refractivity contribution in [2.75, 3.05) is 41.8 Å². The first kappa shape index (κ1) is 25.2. The van der Waals surface area contributed by atoms with E-state index in [-0.39, 0.29) is 16.9 Å². The van der Waals surface area contributed by atoms with Crippen LogP contribution in [0.1, 0.15) is 15.9 Å². The molecule has 0 bridgehead atoms. The summed E-state index contributed by atoms with van der Waals surface area (Å²) in [5.41, 5.74) is 0.686. The quantitative estimate of drug-likeness (QED) is 0.266. The highest BCUT2D eigenvalue weighted by atomic mass is 19.2. The van der Waals surface area contributed by atoms with Crippen LogP contribution in [0.4, 0.5) is 39.4 Å². The molecule has 1 fully saturated rings. The fourth-order valence-electron chi connectivity index (χ4n) is 4.10. The maximum absolute atomic E-state index is 14.7. The second-order valence-corrected chi connectivity index (χ2v) is 8.56. The van der Waals surface area contributed by atoms with Crippen molar-refractivity contribution in [2.24, 2.45) is 0 Å². The summed E-state index contributed by atoms with van der Waals surface area (Å²) in [6, 6.07) is 9.94. The molecule has 3 aromatic carbocycles. The van der Waals surface area contributed by atoms with Crippen molar-refractivity contribution in [2.45, 2.75) is 0 Å². The van der Waals surface area contributed by atoms with Crippen LogP contribution in [0, 0.1) is 23.3 Å². The maximum atomic E-state index is 14.7. The molecule has 2 N–H and O–H groups in total. The van der Waals surface area contributed by atoms with Crippen LogP contribution >= 0.6 is 0 Å². The number of benzene rings is 3. The molecule has 4 aromatic rings. The highest BCUT2D eigenvalue weighted by Crippen LogP contribution is 2.26. The van der Waals surface area contributed by atoms with E-state index in [1.807, 2.05) is 6.07 Å². The van der Waals surface area contributed by atoms with Crippen molar-refractivity contribution < 1.29 is 31.9 Å². The molecule has 2 heterocycles. The van der Waals surface area contributed by atoms with Gasteiger partial charge in [-0.1, -0.05) is 0 Å². The highest BCUT2D eigenvalue weighted by molar-refractivity contribution is 6.11. The number of anilines is 3. The van der Waals surface area contributed by atoms with Crippen LogP contribution in [0.2, 0.25) is 0 Å². The molecule has 38 heavy (non-hydrogen) atoms. The van der Waals surface area contributed by atoms with E-state index in [0.717, 1.165) is 30.0 Å². The molecule has 0 atom stereocenters. The second-order valence-electron chi connectivity index (χ2n) is 8.56. The van der Waals surface area contributed by atoms with Crippen molar-refractivity contribution in [1.29, 1.82) is 0 Å². The molecule has 0 aliphatic carbocycles. The van der Waals surface area contributed by atoms with Gasteiger partial charge in [-0.25, -0.2) is 22.4 Å². The molecule has 7 nitrogen and oxygen atoms in total. The van der Waals surface area contributed by atoms with Crippen molar-refractivity contribution >= 4 is 39.8 Å². The number of hydrogen-bond donors (Lipinski definition) is 2. The first-order chi connectivity index (χ1) is 18.3. The number of hydrogen-bond acceptors (Lipinski definition) is 5. The lowest BCUT2D eigenvalue weighted by Crippen LogP contribution is -2.36. The number of urea groups is 1. The van der Waals surface area contributed by atoms with Crippen LogP contribution < -0.4 is 15.5 Å². The number of pyridine rings is 1. The lowest BCUT2D eigenvalue weighted by Gasteiger charge is -2.28.